The van der Waals surface area contributed by atoms with Crippen LogP contribution >= 0.6 is 11.8 Å². The summed E-state index contributed by atoms with van der Waals surface area (Å²) in [6.45, 7) is 2.38. The van der Waals surface area contributed by atoms with E-state index in [1.807, 2.05) is 55.5 Å². The lowest BCUT2D eigenvalue weighted by atomic mass is 10.2. The number of amides is 1. The molecule has 28 heavy (non-hydrogen) atoms. The summed E-state index contributed by atoms with van der Waals surface area (Å²) < 4.78 is 16.4. The molecule has 1 N–H and O–H groups in total. The van der Waals surface area contributed by atoms with E-state index in [2.05, 4.69) is 5.32 Å². The number of carbonyl (C=O) groups is 2. The van der Waals surface area contributed by atoms with Gasteiger partial charge >= 0.3 is 5.97 Å². The van der Waals surface area contributed by atoms with Crippen molar-refractivity contribution < 1.29 is 23.8 Å². The number of nitrogens with one attached hydrogen (secondary N) is 1. The number of aryl methyl sites for hydroxylation is 1. The van der Waals surface area contributed by atoms with E-state index >= 15 is 0 Å². The fraction of sp³-hybridized carbons (Fsp3) is 0.333. The molecule has 1 heterocycles. The summed E-state index contributed by atoms with van der Waals surface area (Å²) >= 11 is 1.58. The van der Waals surface area contributed by atoms with Crippen LogP contribution in [0, 0.1) is 6.92 Å². The number of hydrogen-bond donors (Lipinski definition) is 1. The number of para-hydroxylation sites is 2. The van der Waals surface area contributed by atoms with Crippen molar-refractivity contribution in [1.82, 2.24) is 5.32 Å². The van der Waals surface area contributed by atoms with Crippen molar-refractivity contribution in [3.05, 3.63) is 54.1 Å². The van der Waals surface area contributed by atoms with Crippen LogP contribution in [-0.2, 0) is 14.3 Å². The van der Waals surface area contributed by atoms with Gasteiger partial charge in [-0.05, 0) is 31.2 Å². The molecule has 1 aliphatic rings. The highest BCUT2D eigenvalue weighted by Crippen LogP contribution is 2.30. The average molecular weight is 401 g/mol. The first-order valence-electron chi connectivity index (χ1n) is 9.10. The number of carbonyl (C=O) groups excluding carboxylic acids is 2. The Bertz CT molecular complexity index is 809. The molecule has 0 saturated carbocycles. The fourth-order valence-electron chi connectivity index (χ4n) is 2.55. The van der Waals surface area contributed by atoms with Gasteiger partial charge in [0, 0.05) is 10.6 Å². The second-order valence-corrected chi connectivity index (χ2v) is 7.54. The molecule has 0 aromatic heterocycles. The number of benzene rings is 2. The number of ether oxygens (including phenoxy) is 3. The second kappa shape index (κ2) is 10.0. The molecule has 0 aliphatic carbocycles. The molecule has 1 atom stereocenters. The maximum absolute atomic E-state index is 11.9. The van der Waals surface area contributed by atoms with Crippen LogP contribution in [0.15, 0.2) is 53.4 Å². The van der Waals surface area contributed by atoms with Crippen LogP contribution in [0.3, 0.4) is 0 Å². The maximum atomic E-state index is 11.9. The minimum Gasteiger partial charge on any atom is -0.486 e. The van der Waals surface area contributed by atoms with Crippen LogP contribution in [0.5, 0.6) is 11.5 Å². The number of thioether (sulfide) groups is 1. The van der Waals surface area contributed by atoms with Crippen LogP contribution < -0.4 is 14.8 Å². The van der Waals surface area contributed by atoms with Crippen molar-refractivity contribution in [1.29, 1.82) is 0 Å². The van der Waals surface area contributed by atoms with Gasteiger partial charge in [-0.1, -0.05) is 29.8 Å². The van der Waals surface area contributed by atoms with Gasteiger partial charge in [0.15, 0.2) is 18.1 Å². The van der Waals surface area contributed by atoms with E-state index in [1.165, 1.54) is 5.56 Å². The third-order valence-corrected chi connectivity index (χ3v) is 5.07. The monoisotopic (exact) mass is 401 g/mol. The van der Waals surface area contributed by atoms with Gasteiger partial charge in [0.05, 0.1) is 13.0 Å². The van der Waals surface area contributed by atoms with Gasteiger partial charge in [-0.3, -0.25) is 9.59 Å². The molecule has 0 fully saturated rings. The molecule has 0 spiro atoms. The Morgan fingerprint density at radius 1 is 1.14 bits per heavy atom. The molecule has 148 valence electrons. The molecule has 0 radical (unpaired) electrons. The van der Waals surface area contributed by atoms with Crippen molar-refractivity contribution in [3.8, 4) is 11.5 Å². The van der Waals surface area contributed by atoms with Crippen molar-refractivity contribution in [2.75, 3.05) is 25.5 Å². The number of esters is 1. The predicted molar refractivity (Wildman–Crippen MR) is 107 cm³/mol. The molecular formula is C21H23NO5S. The molecule has 6 nitrogen and oxygen atoms in total. The van der Waals surface area contributed by atoms with E-state index < -0.39 is 0 Å². The quantitative estimate of drug-likeness (QED) is 0.542. The lowest BCUT2D eigenvalue weighted by Crippen LogP contribution is -2.42. The first-order chi connectivity index (χ1) is 13.6. The Morgan fingerprint density at radius 3 is 2.68 bits per heavy atom. The third-order valence-electron chi connectivity index (χ3n) is 4.05. The summed E-state index contributed by atoms with van der Waals surface area (Å²) in [6.07, 6.45) is -0.0252. The lowest BCUT2D eigenvalue weighted by molar-refractivity contribution is -0.148. The van der Waals surface area contributed by atoms with Gasteiger partial charge in [-0.25, -0.2) is 0 Å². The molecule has 3 rings (SSSR count). The van der Waals surface area contributed by atoms with Crippen molar-refractivity contribution >= 4 is 23.6 Å². The van der Waals surface area contributed by atoms with Crippen LogP contribution in [-0.4, -0.2) is 43.5 Å². The highest BCUT2D eigenvalue weighted by atomic mass is 32.2. The smallest absolute Gasteiger partial charge is 0.307 e. The summed E-state index contributed by atoms with van der Waals surface area (Å²) in [7, 11) is 0. The zero-order valence-electron chi connectivity index (χ0n) is 15.7. The van der Waals surface area contributed by atoms with E-state index in [1.54, 1.807) is 11.8 Å². The van der Waals surface area contributed by atoms with Crippen LogP contribution in [0.1, 0.15) is 12.0 Å². The normalized spacial score (nSPS) is 15.0. The van der Waals surface area contributed by atoms with Crippen molar-refractivity contribution in [3.63, 3.8) is 0 Å². The predicted octanol–water partition coefficient (Wildman–Crippen LogP) is 2.98. The molecule has 0 bridgehead atoms. The Labute approximate surface area is 168 Å². The van der Waals surface area contributed by atoms with Gasteiger partial charge in [0.1, 0.15) is 12.7 Å². The van der Waals surface area contributed by atoms with E-state index in [9.17, 15) is 9.59 Å². The highest BCUT2D eigenvalue weighted by molar-refractivity contribution is 7.99. The van der Waals surface area contributed by atoms with Crippen LogP contribution in [0.2, 0.25) is 0 Å². The summed E-state index contributed by atoms with van der Waals surface area (Å²) in [5.74, 6) is 1.21. The van der Waals surface area contributed by atoms with Gasteiger partial charge < -0.3 is 19.5 Å². The van der Waals surface area contributed by atoms with Crippen molar-refractivity contribution in [2.24, 2.45) is 0 Å². The number of hydrogen-bond acceptors (Lipinski definition) is 6. The minimum absolute atomic E-state index is 0.252. The zero-order chi connectivity index (χ0) is 19.8. The van der Waals surface area contributed by atoms with Gasteiger partial charge in [-0.2, -0.15) is 0 Å². The Kier molecular flexibility index (Phi) is 7.19. The van der Waals surface area contributed by atoms with Gasteiger partial charge in [0.2, 0.25) is 0 Å². The van der Waals surface area contributed by atoms with E-state index in [-0.39, 0.29) is 37.6 Å². The van der Waals surface area contributed by atoms with E-state index in [4.69, 9.17) is 14.2 Å². The summed E-state index contributed by atoms with van der Waals surface area (Å²) in [5, 5.41) is 2.70. The minimum atomic E-state index is -0.388. The standard InChI is InChI=1S/C21H23NO5S/c1-15-6-8-17(9-7-15)28-11-10-21(24)26-14-20(23)22-12-16-13-25-18-4-2-3-5-19(18)27-16/h2-9,16H,10-14H2,1H3,(H,22,23). The van der Waals surface area contributed by atoms with Crippen LogP contribution in [0.4, 0.5) is 0 Å². The van der Waals surface area contributed by atoms with Gasteiger partial charge in [-0.15, -0.1) is 11.8 Å². The highest BCUT2D eigenvalue weighted by Gasteiger charge is 2.21. The third kappa shape index (κ3) is 6.20. The van der Waals surface area contributed by atoms with E-state index in [0.29, 0.717) is 23.9 Å². The topological polar surface area (TPSA) is 73.9 Å². The second-order valence-electron chi connectivity index (χ2n) is 6.37. The van der Waals surface area contributed by atoms with Crippen LogP contribution in [0.25, 0.3) is 0 Å². The van der Waals surface area contributed by atoms with E-state index in [0.717, 1.165) is 4.90 Å². The Hall–Kier alpha value is -2.67. The van der Waals surface area contributed by atoms with Crippen molar-refractivity contribution in [2.45, 2.75) is 24.3 Å². The Morgan fingerprint density at radius 2 is 1.89 bits per heavy atom. The summed E-state index contributed by atoms with van der Waals surface area (Å²) in [6, 6.07) is 15.5. The molecule has 7 heteroatoms. The first-order valence-corrected chi connectivity index (χ1v) is 10.1. The SMILES string of the molecule is Cc1ccc(SCCC(=O)OCC(=O)NCC2COc3ccccc3O2)cc1. The summed E-state index contributed by atoms with van der Waals surface area (Å²) in [4.78, 5) is 24.8. The van der Waals surface area contributed by atoms with Gasteiger partial charge in [0.25, 0.3) is 5.91 Å². The lowest BCUT2D eigenvalue weighted by Gasteiger charge is -2.26. The molecule has 0 saturated heterocycles. The molecular weight excluding hydrogens is 378 g/mol. The zero-order valence-corrected chi connectivity index (χ0v) is 16.5. The summed E-state index contributed by atoms with van der Waals surface area (Å²) in [5.41, 5.74) is 1.20. The molecule has 1 amide bonds. The largest absolute Gasteiger partial charge is 0.486 e. The molecule has 2 aromatic rings. The first kappa shape index (κ1) is 20.1. The molecule has 2 aromatic carbocycles. The Balaban J connectivity index is 1.29. The average Bonchev–Trinajstić information content (AvgIpc) is 2.72. The fourth-order valence-corrected chi connectivity index (χ4v) is 3.38. The molecule has 1 unspecified atom stereocenters. The maximum Gasteiger partial charge on any atom is 0.307 e. The molecule has 1 aliphatic heterocycles. The number of rotatable bonds is 8. The number of fused-ring (bicyclic) bond motifs is 1.